The minimum Gasteiger partial charge on any atom is -0.357 e. The second-order valence-electron chi connectivity index (χ2n) is 7.04. The quantitative estimate of drug-likeness (QED) is 0.595. The minimum absolute atomic E-state index is 0.576. The summed E-state index contributed by atoms with van der Waals surface area (Å²) in [5.41, 5.74) is 1.10. The van der Waals surface area contributed by atoms with E-state index in [9.17, 15) is 0 Å². The van der Waals surface area contributed by atoms with Gasteiger partial charge in [0.05, 0.1) is 13.1 Å². The number of guanidine groups is 1. The van der Waals surface area contributed by atoms with Gasteiger partial charge in [0.25, 0.3) is 0 Å². The summed E-state index contributed by atoms with van der Waals surface area (Å²) in [5.74, 6) is 3.52. The highest BCUT2D eigenvalue weighted by molar-refractivity contribution is 5.79. The number of aliphatic imine (C=N–C) groups is 1. The van der Waals surface area contributed by atoms with E-state index in [1.165, 1.54) is 12.8 Å². The van der Waals surface area contributed by atoms with Gasteiger partial charge in [-0.25, -0.2) is 15.0 Å². The molecule has 0 bridgehead atoms. The Labute approximate surface area is 161 Å². The van der Waals surface area contributed by atoms with Crippen molar-refractivity contribution < 1.29 is 0 Å². The van der Waals surface area contributed by atoms with Gasteiger partial charge in [0, 0.05) is 32.9 Å². The zero-order chi connectivity index (χ0) is 19.1. The van der Waals surface area contributed by atoms with Crippen molar-refractivity contribution in [2.75, 3.05) is 24.5 Å². The normalized spacial score (nSPS) is 15.8. The van der Waals surface area contributed by atoms with Crippen LogP contribution in [-0.4, -0.2) is 45.3 Å². The van der Waals surface area contributed by atoms with Crippen molar-refractivity contribution in [1.82, 2.24) is 30.4 Å². The smallest absolute Gasteiger partial charge is 0.191 e. The van der Waals surface area contributed by atoms with Gasteiger partial charge in [-0.1, -0.05) is 13.0 Å². The van der Waals surface area contributed by atoms with Gasteiger partial charge in [-0.3, -0.25) is 4.68 Å². The summed E-state index contributed by atoms with van der Waals surface area (Å²) in [6.07, 6.45) is 5.98. The van der Waals surface area contributed by atoms with E-state index in [2.05, 4.69) is 61.6 Å². The Balaban J connectivity index is 1.56. The zero-order valence-electron chi connectivity index (χ0n) is 16.5. The molecule has 1 aliphatic rings. The second-order valence-corrected chi connectivity index (χ2v) is 7.04. The van der Waals surface area contributed by atoms with Gasteiger partial charge >= 0.3 is 0 Å². The molecule has 3 rings (SSSR count). The van der Waals surface area contributed by atoms with Gasteiger partial charge in [-0.15, -0.1) is 0 Å². The Hall–Kier alpha value is -2.64. The Morgan fingerprint density at radius 1 is 1.22 bits per heavy atom. The fraction of sp³-hybridized carbons (Fsp3) is 0.579. The van der Waals surface area contributed by atoms with Crippen LogP contribution in [0.4, 0.5) is 5.82 Å². The molecule has 146 valence electrons. The first-order valence-corrected chi connectivity index (χ1v) is 9.70. The van der Waals surface area contributed by atoms with E-state index in [4.69, 9.17) is 0 Å². The monoisotopic (exact) mass is 370 g/mol. The number of pyridine rings is 1. The first-order chi connectivity index (χ1) is 13.2. The van der Waals surface area contributed by atoms with Crippen molar-refractivity contribution >= 4 is 11.8 Å². The van der Waals surface area contributed by atoms with E-state index in [0.717, 1.165) is 48.7 Å². The van der Waals surface area contributed by atoms with Crippen LogP contribution >= 0.6 is 0 Å². The highest BCUT2D eigenvalue weighted by atomic mass is 15.3. The highest BCUT2D eigenvalue weighted by Crippen LogP contribution is 2.21. The van der Waals surface area contributed by atoms with Crippen LogP contribution in [-0.2, 0) is 20.1 Å². The summed E-state index contributed by atoms with van der Waals surface area (Å²) in [5, 5.41) is 10.6. The lowest BCUT2D eigenvalue weighted by Gasteiger charge is -2.31. The van der Waals surface area contributed by atoms with Crippen molar-refractivity contribution in [3.63, 3.8) is 0 Å². The van der Waals surface area contributed by atoms with E-state index in [1.807, 2.05) is 13.2 Å². The Morgan fingerprint density at radius 3 is 2.67 bits per heavy atom. The number of aryl methyl sites for hydroxylation is 1. The molecule has 1 fully saturated rings. The number of aromatic nitrogens is 4. The third kappa shape index (κ3) is 5.42. The third-order valence-corrected chi connectivity index (χ3v) is 4.90. The largest absolute Gasteiger partial charge is 0.357 e. The maximum Gasteiger partial charge on any atom is 0.191 e. The predicted molar refractivity (Wildman–Crippen MR) is 108 cm³/mol. The molecule has 2 aromatic rings. The van der Waals surface area contributed by atoms with Crippen molar-refractivity contribution in [3.05, 3.63) is 36.0 Å². The lowest BCUT2D eigenvalue weighted by Crippen LogP contribution is -2.37. The zero-order valence-corrected chi connectivity index (χ0v) is 16.5. The van der Waals surface area contributed by atoms with E-state index in [0.29, 0.717) is 13.1 Å². The molecule has 8 nitrogen and oxygen atoms in total. The first kappa shape index (κ1) is 19.1. The van der Waals surface area contributed by atoms with Crippen LogP contribution in [0, 0.1) is 5.92 Å². The Kier molecular flexibility index (Phi) is 6.62. The summed E-state index contributed by atoms with van der Waals surface area (Å²) >= 11 is 0. The highest BCUT2D eigenvalue weighted by Gasteiger charge is 2.16. The van der Waals surface area contributed by atoms with Crippen LogP contribution in [0.1, 0.15) is 38.1 Å². The number of nitrogens with zero attached hydrogens (tertiary/aromatic N) is 6. The molecular formula is C19H30N8. The number of hydrogen-bond acceptors (Lipinski definition) is 5. The summed E-state index contributed by atoms with van der Waals surface area (Å²) in [4.78, 5) is 15.9. The topological polar surface area (TPSA) is 83.3 Å². The third-order valence-electron chi connectivity index (χ3n) is 4.90. The average molecular weight is 371 g/mol. The summed E-state index contributed by atoms with van der Waals surface area (Å²) in [6.45, 7) is 8.53. The van der Waals surface area contributed by atoms with E-state index in [1.54, 1.807) is 11.0 Å². The molecule has 1 aliphatic heterocycles. The Bertz CT molecular complexity index is 728. The molecule has 0 atom stereocenters. The summed E-state index contributed by atoms with van der Waals surface area (Å²) in [7, 11) is 1.88. The van der Waals surface area contributed by atoms with Crippen LogP contribution in [0.5, 0.6) is 0 Å². The lowest BCUT2D eigenvalue weighted by molar-refractivity contribution is 0.436. The number of piperidine rings is 1. The molecule has 0 aliphatic carbocycles. The molecule has 0 spiro atoms. The number of rotatable bonds is 6. The van der Waals surface area contributed by atoms with Crippen LogP contribution in [0.15, 0.2) is 29.6 Å². The minimum atomic E-state index is 0.576. The van der Waals surface area contributed by atoms with Gasteiger partial charge < -0.3 is 15.5 Å². The van der Waals surface area contributed by atoms with Gasteiger partial charge in [0.1, 0.15) is 18.0 Å². The van der Waals surface area contributed by atoms with Crippen molar-refractivity contribution in [1.29, 1.82) is 0 Å². The van der Waals surface area contributed by atoms with Gasteiger partial charge in [-0.05, 0) is 37.3 Å². The molecule has 8 heteroatoms. The van der Waals surface area contributed by atoms with E-state index < -0.39 is 0 Å². The van der Waals surface area contributed by atoms with Crippen molar-refractivity contribution in [2.24, 2.45) is 18.0 Å². The maximum atomic E-state index is 4.65. The summed E-state index contributed by atoms with van der Waals surface area (Å²) < 4.78 is 1.75. The predicted octanol–water partition coefficient (Wildman–Crippen LogP) is 1.70. The van der Waals surface area contributed by atoms with E-state index in [-0.39, 0.29) is 0 Å². The molecular weight excluding hydrogens is 340 g/mol. The lowest BCUT2D eigenvalue weighted by atomic mass is 9.99. The van der Waals surface area contributed by atoms with E-state index >= 15 is 0 Å². The molecule has 0 unspecified atom stereocenters. The van der Waals surface area contributed by atoms with Crippen LogP contribution in [0.2, 0.25) is 0 Å². The number of anilines is 1. The standard InChI is InChI=1S/C19H30N8/c1-4-20-19(23-13-18-24-14-25-26(18)3)22-12-16-5-6-17(21-11-16)27-9-7-15(2)8-10-27/h5-6,11,14-15H,4,7-10,12-13H2,1-3H3,(H2,20,22,23). The molecule has 2 aromatic heterocycles. The first-order valence-electron chi connectivity index (χ1n) is 9.70. The fourth-order valence-corrected chi connectivity index (χ4v) is 3.09. The molecule has 3 heterocycles. The average Bonchev–Trinajstić information content (AvgIpc) is 3.10. The molecule has 2 N–H and O–H groups in total. The molecule has 0 saturated carbocycles. The molecule has 1 saturated heterocycles. The number of nitrogens with one attached hydrogen (secondary N) is 2. The van der Waals surface area contributed by atoms with Crippen molar-refractivity contribution in [3.8, 4) is 0 Å². The van der Waals surface area contributed by atoms with Gasteiger partial charge in [-0.2, -0.15) is 5.10 Å². The molecule has 0 radical (unpaired) electrons. The SMILES string of the molecule is CCNC(=NCc1ccc(N2CCC(C)CC2)nc1)NCc1ncnn1C. The molecule has 0 aromatic carbocycles. The van der Waals surface area contributed by atoms with Crippen LogP contribution < -0.4 is 15.5 Å². The fourth-order valence-electron chi connectivity index (χ4n) is 3.09. The van der Waals surface area contributed by atoms with Gasteiger partial charge in [0.2, 0.25) is 0 Å². The number of hydrogen-bond donors (Lipinski definition) is 2. The maximum absolute atomic E-state index is 4.65. The van der Waals surface area contributed by atoms with Gasteiger partial charge in [0.15, 0.2) is 5.96 Å². The van der Waals surface area contributed by atoms with Crippen molar-refractivity contribution in [2.45, 2.75) is 39.8 Å². The van der Waals surface area contributed by atoms with Crippen LogP contribution in [0.25, 0.3) is 0 Å². The molecule has 27 heavy (non-hydrogen) atoms. The summed E-state index contributed by atoms with van der Waals surface area (Å²) in [6, 6.07) is 4.23. The van der Waals surface area contributed by atoms with Crippen LogP contribution in [0.3, 0.4) is 0 Å². The molecule has 0 amide bonds. The Morgan fingerprint density at radius 2 is 2.04 bits per heavy atom. The second kappa shape index (κ2) is 9.34.